The zero-order chi connectivity index (χ0) is 18.7. The van der Waals surface area contributed by atoms with Gasteiger partial charge in [-0.3, -0.25) is 9.78 Å². The molecule has 1 aromatic heterocycles. The van der Waals surface area contributed by atoms with Crippen molar-refractivity contribution in [1.82, 2.24) is 4.98 Å². The van der Waals surface area contributed by atoms with E-state index in [1.165, 1.54) is 24.3 Å². The molecule has 0 unspecified atom stereocenters. The molecule has 0 bridgehead atoms. The van der Waals surface area contributed by atoms with E-state index in [0.717, 1.165) is 27.8 Å². The van der Waals surface area contributed by atoms with E-state index in [9.17, 15) is 9.18 Å². The Kier molecular flexibility index (Phi) is 4.94. The number of pyridine rings is 1. The Balaban J connectivity index is 2.03. The van der Waals surface area contributed by atoms with Gasteiger partial charge in [-0.15, -0.1) is 0 Å². The molecule has 0 fully saturated rings. The minimum absolute atomic E-state index is 0.285. The number of anilines is 1. The molecule has 0 spiro atoms. The van der Waals surface area contributed by atoms with E-state index >= 15 is 0 Å². The van der Waals surface area contributed by atoms with Crippen molar-refractivity contribution < 1.29 is 9.18 Å². The number of halogens is 1. The summed E-state index contributed by atoms with van der Waals surface area (Å²) in [5.74, 6) is -0.659. The van der Waals surface area contributed by atoms with Crippen LogP contribution in [-0.4, -0.2) is 10.9 Å². The lowest BCUT2D eigenvalue weighted by atomic mass is 9.94. The number of aryl methyl sites for hydroxylation is 1. The Hall–Kier alpha value is -3.27. The lowest BCUT2D eigenvalue weighted by Gasteiger charge is -2.16. The predicted molar refractivity (Wildman–Crippen MR) is 104 cm³/mol. The molecule has 0 aliphatic carbocycles. The summed E-state index contributed by atoms with van der Waals surface area (Å²) < 4.78 is 13.1. The molecule has 1 amide bonds. The second-order valence-electron chi connectivity index (χ2n) is 6.10. The van der Waals surface area contributed by atoms with Crippen LogP contribution in [0.2, 0.25) is 0 Å². The van der Waals surface area contributed by atoms with Crippen LogP contribution in [0.1, 0.15) is 27.0 Å². The average Bonchev–Trinajstić information content (AvgIpc) is 2.64. The monoisotopic (exact) mass is 346 g/mol. The predicted octanol–water partition coefficient (Wildman–Crippen LogP) is 5.40. The first-order valence-corrected chi connectivity index (χ1v) is 8.24. The summed E-state index contributed by atoms with van der Waals surface area (Å²) in [5, 5.41) is 2.93. The Labute approximate surface area is 152 Å². The van der Waals surface area contributed by atoms with Crippen LogP contribution >= 0.6 is 0 Å². The summed E-state index contributed by atoms with van der Waals surface area (Å²) >= 11 is 0. The Morgan fingerprint density at radius 3 is 2.50 bits per heavy atom. The van der Waals surface area contributed by atoms with E-state index in [2.05, 4.69) is 16.9 Å². The second-order valence-corrected chi connectivity index (χ2v) is 6.10. The molecule has 1 heterocycles. The summed E-state index contributed by atoms with van der Waals surface area (Å²) in [6.45, 7) is 7.80. The standard InChI is InChI=1S/C22H19FN2O/c1-4-16-11-20(19-9-10-24-13-14(19)2)15(3)21(12-16)25-22(26)17-5-7-18(23)8-6-17/h4-13H,1H2,2-3H3,(H,25,26). The van der Waals surface area contributed by atoms with Crippen LogP contribution in [0.5, 0.6) is 0 Å². The molecule has 0 aliphatic rings. The topological polar surface area (TPSA) is 42.0 Å². The van der Waals surface area contributed by atoms with Gasteiger partial charge in [0.2, 0.25) is 0 Å². The van der Waals surface area contributed by atoms with Crippen molar-refractivity contribution in [2.24, 2.45) is 0 Å². The number of rotatable bonds is 4. The number of nitrogens with one attached hydrogen (secondary N) is 1. The molecule has 0 aliphatic heterocycles. The van der Waals surface area contributed by atoms with E-state index in [-0.39, 0.29) is 11.7 Å². The molecule has 1 N–H and O–H groups in total. The van der Waals surface area contributed by atoms with E-state index in [1.54, 1.807) is 12.3 Å². The Morgan fingerprint density at radius 1 is 1.12 bits per heavy atom. The van der Waals surface area contributed by atoms with E-state index in [1.807, 2.05) is 38.2 Å². The third-order valence-electron chi connectivity index (χ3n) is 4.33. The van der Waals surface area contributed by atoms with Crippen molar-refractivity contribution in [3.63, 3.8) is 0 Å². The maximum Gasteiger partial charge on any atom is 0.255 e. The third-order valence-corrected chi connectivity index (χ3v) is 4.33. The van der Waals surface area contributed by atoms with Crippen molar-refractivity contribution in [1.29, 1.82) is 0 Å². The first-order chi connectivity index (χ1) is 12.5. The minimum atomic E-state index is -0.373. The molecule has 4 heteroatoms. The highest BCUT2D eigenvalue weighted by atomic mass is 19.1. The van der Waals surface area contributed by atoms with Gasteiger partial charge in [0.1, 0.15) is 5.82 Å². The van der Waals surface area contributed by atoms with Crippen molar-refractivity contribution in [2.45, 2.75) is 13.8 Å². The number of aromatic nitrogens is 1. The van der Waals surface area contributed by atoms with Crippen LogP contribution in [0.15, 0.2) is 61.4 Å². The lowest BCUT2D eigenvalue weighted by Crippen LogP contribution is -2.13. The highest BCUT2D eigenvalue weighted by molar-refractivity contribution is 6.05. The number of amides is 1. The molecule has 2 aromatic carbocycles. The van der Waals surface area contributed by atoms with E-state index in [4.69, 9.17) is 0 Å². The van der Waals surface area contributed by atoms with Gasteiger partial charge in [-0.05, 0) is 84.1 Å². The second kappa shape index (κ2) is 7.31. The first kappa shape index (κ1) is 17.5. The zero-order valence-electron chi connectivity index (χ0n) is 14.7. The molecule has 130 valence electrons. The average molecular weight is 346 g/mol. The number of hydrogen-bond donors (Lipinski definition) is 1. The number of benzene rings is 2. The van der Waals surface area contributed by atoms with Crippen LogP contribution in [0, 0.1) is 19.7 Å². The highest BCUT2D eigenvalue weighted by Gasteiger charge is 2.13. The zero-order valence-corrected chi connectivity index (χ0v) is 14.7. The normalized spacial score (nSPS) is 10.4. The molecule has 26 heavy (non-hydrogen) atoms. The molecule has 0 saturated heterocycles. The van der Waals surface area contributed by atoms with Crippen molar-refractivity contribution in [2.75, 3.05) is 5.32 Å². The molecule has 0 atom stereocenters. The molecule has 0 saturated carbocycles. The fourth-order valence-corrected chi connectivity index (χ4v) is 2.84. The first-order valence-electron chi connectivity index (χ1n) is 8.24. The number of hydrogen-bond acceptors (Lipinski definition) is 2. The SMILES string of the molecule is C=Cc1cc(NC(=O)c2ccc(F)cc2)c(C)c(-c2ccncc2C)c1. The fraction of sp³-hybridized carbons (Fsp3) is 0.0909. The van der Waals surface area contributed by atoms with E-state index < -0.39 is 0 Å². The number of carbonyl (C=O) groups excluding carboxylic acids is 1. The molecule has 3 aromatic rings. The molecule has 3 nitrogen and oxygen atoms in total. The lowest BCUT2D eigenvalue weighted by molar-refractivity contribution is 0.102. The maximum atomic E-state index is 13.1. The summed E-state index contributed by atoms with van der Waals surface area (Å²) in [4.78, 5) is 16.7. The van der Waals surface area contributed by atoms with Crippen molar-refractivity contribution in [3.8, 4) is 11.1 Å². The number of carbonyl (C=O) groups is 1. The van der Waals surface area contributed by atoms with Gasteiger partial charge in [0.25, 0.3) is 5.91 Å². The summed E-state index contributed by atoms with van der Waals surface area (Å²) in [5.41, 5.74) is 6.05. The van der Waals surface area contributed by atoms with Gasteiger partial charge in [-0.2, -0.15) is 0 Å². The fourth-order valence-electron chi connectivity index (χ4n) is 2.84. The highest BCUT2D eigenvalue weighted by Crippen LogP contribution is 2.32. The minimum Gasteiger partial charge on any atom is -0.322 e. The van der Waals surface area contributed by atoms with Gasteiger partial charge >= 0.3 is 0 Å². The van der Waals surface area contributed by atoms with Crippen molar-refractivity contribution in [3.05, 3.63) is 89.5 Å². The van der Waals surface area contributed by atoms with Gasteiger partial charge in [-0.1, -0.05) is 12.7 Å². The molecular formula is C22H19FN2O. The van der Waals surface area contributed by atoms with Gasteiger partial charge in [0, 0.05) is 23.6 Å². The summed E-state index contributed by atoms with van der Waals surface area (Å²) in [6.07, 6.45) is 5.30. The molecule has 0 radical (unpaired) electrons. The van der Waals surface area contributed by atoms with Gasteiger partial charge in [0.15, 0.2) is 0 Å². The van der Waals surface area contributed by atoms with Crippen LogP contribution in [-0.2, 0) is 0 Å². The maximum absolute atomic E-state index is 13.1. The molecule has 3 rings (SSSR count). The van der Waals surface area contributed by atoms with E-state index in [0.29, 0.717) is 11.3 Å². The van der Waals surface area contributed by atoms with Gasteiger partial charge in [-0.25, -0.2) is 4.39 Å². The summed E-state index contributed by atoms with van der Waals surface area (Å²) in [7, 11) is 0. The van der Waals surface area contributed by atoms with Crippen LogP contribution in [0.25, 0.3) is 17.2 Å². The quantitative estimate of drug-likeness (QED) is 0.687. The number of nitrogens with zero attached hydrogens (tertiary/aromatic N) is 1. The third kappa shape index (κ3) is 3.54. The smallest absolute Gasteiger partial charge is 0.255 e. The Bertz CT molecular complexity index is 978. The summed E-state index contributed by atoms with van der Waals surface area (Å²) in [6, 6.07) is 11.3. The van der Waals surface area contributed by atoms with Gasteiger partial charge < -0.3 is 5.32 Å². The van der Waals surface area contributed by atoms with Crippen molar-refractivity contribution >= 4 is 17.7 Å². The van der Waals surface area contributed by atoms with Gasteiger partial charge in [0.05, 0.1) is 0 Å². The van der Waals surface area contributed by atoms with Crippen LogP contribution < -0.4 is 5.32 Å². The largest absolute Gasteiger partial charge is 0.322 e. The Morgan fingerprint density at radius 2 is 1.85 bits per heavy atom. The van der Waals surface area contributed by atoms with Crippen LogP contribution in [0.4, 0.5) is 10.1 Å². The molecular weight excluding hydrogens is 327 g/mol. The van der Waals surface area contributed by atoms with Crippen LogP contribution in [0.3, 0.4) is 0 Å².